The monoisotopic (exact) mass is 293 g/mol. The van der Waals surface area contributed by atoms with Gasteiger partial charge in [0.15, 0.2) is 0 Å². The third-order valence-electron chi connectivity index (χ3n) is 3.23. The van der Waals surface area contributed by atoms with Crippen molar-refractivity contribution in [1.29, 1.82) is 0 Å². The summed E-state index contributed by atoms with van der Waals surface area (Å²) in [6.07, 6.45) is 0. The number of urea groups is 1. The largest absolute Gasteiger partial charge is 0.394 e. The van der Waals surface area contributed by atoms with Crippen molar-refractivity contribution in [3.05, 3.63) is 35.9 Å². The van der Waals surface area contributed by atoms with Crippen molar-refractivity contribution in [3.63, 3.8) is 0 Å². The molecule has 0 spiro atoms. The molecule has 0 radical (unpaired) electrons. The molecule has 3 amide bonds. The van der Waals surface area contributed by atoms with E-state index in [0.717, 1.165) is 5.56 Å². The molecule has 0 aliphatic heterocycles. The molecule has 0 aliphatic rings. The molecule has 116 valence electrons. The molecule has 1 aromatic rings. The van der Waals surface area contributed by atoms with E-state index in [4.69, 9.17) is 0 Å². The van der Waals surface area contributed by atoms with Crippen molar-refractivity contribution in [2.75, 3.05) is 13.2 Å². The second-order valence-electron chi connectivity index (χ2n) is 5.07. The lowest BCUT2D eigenvalue weighted by molar-refractivity contribution is -0.122. The van der Waals surface area contributed by atoms with Crippen LogP contribution in [0.5, 0.6) is 0 Å². The highest BCUT2D eigenvalue weighted by molar-refractivity contribution is 5.96. The molecular formula is C15H23N3O3. The number of benzene rings is 1. The van der Waals surface area contributed by atoms with Gasteiger partial charge in [0.05, 0.1) is 18.2 Å². The van der Waals surface area contributed by atoms with Crippen LogP contribution in [0.25, 0.3) is 0 Å². The number of aliphatic hydroxyl groups is 1. The Morgan fingerprint density at radius 2 is 1.90 bits per heavy atom. The average molecular weight is 293 g/mol. The molecule has 2 atom stereocenters. The Balaban J connectivity index is 2.72. The number of hydrogen-bond donors (Lipinski definition) is 4. The molecule has 21 heavy (non-hydrogen) atoms. The summed E-state index contributed by atoms with van der Waals surface area (Å²) in [4.78, 5) is 23.3. The lowest BCUT2D eigenvalue weighted by Gasteiger charge is -2.32. The fourth-order valence-electron chi connectivity index (χ4n) is 1.99. The van der Waals surface area contributed by atoms with Crippen LogP contribution in [-0.2, 0) is 10.3 Å². The SMILES string of the molecule is CCNC(=O)NC(=O)C(C)NC(C)(CO)c1ccccc1. The number of nitrogens with one attached hydrogen (secondary N) is 3. The minimum Gasteiger partial charge on any atom is -0.394 e. The van der Waals surface area contributed by atoms with Gasteiger partial charge < -0.3 is 10.4 Å². The first-order valence-electron chi connectivity index (χ1n) is 6.95. The quantitative estimate of drug-likeness (QED) is 0.622. The van der Waals surface area contributed by atoms with Gasteiger partial charge in [0.2, 0.25) is 5.91 Å². The van der Waals surface area contributed by atoms with Crippen LogP contribution in [0, 0.1) is 0 Å². The number of hydrogen-bond acceptors (Lipinski definition) is 4. The zero-order chi connectivity index (χ0) is 15.9. The van der Waals surface area contributed by atoms with E-state index < -0.39 is 23.5 Å². The molecule has 6 nitrogen and oxygen atoms in total. The van der Waals surface area contributed by atoms with Gasteiger partial charge in [0.1, 0.15) is 0 Å². The fourth-order valence-corrected chi connectivity index (χ4v) is 1.99. The Kier molecular flexibility index (Phi) is 6.33. The average Bonchev–Trinajstić information content (AvgIpc) is 2.48. The van der Waals surface area contributed by atoms with Crippen LogP contribution in [0.15, 0.2) is 30.3 Å². The van der Waals surface area contributed by atoms with Gasteiger partial charge in [-0.1, -0.05) is 30.3 Å². The Morgan fingerprint density at radius 3 is 2.43 bits per heavy atom. The highest BCUT2D eigenvalue weighted by Crippen LogP contribution is 2.20. The third-order valence-corrected chi connectivity index (χ3v) is 3.23. The molecular weight excluding hydrogens is 270 g/mol. The minimum absolute atomic E-state index is 0.171. The van der Waals surface area contributed by atoms with E-state index in [-0.39, 0.29) is 6.61 Å². The summed E-state index contributed by atoms with van der Waals surface area (Å²) in [6, 6.07) is 8.20. The predicted octanol–water partition coefficient (Wildman–Crippen LogP) is 0.718. The van der Waals surface area contributed by atoms with Gasteiger partial charge in [-0.15, -0.1) is 0 Å². The third kappa shape index (κ3) is 4.84. The van der Waals surface area contributed by atoms with Crippen LogP contribution in [0.3, 0.4) is 0 Å². The lowest BCUT2D eigenvalue weighted by atomic mass is 9.92. The second-order valence-corrected chi connectivity index (χ2v) is 5.07. The Bertz CT molecular complexity index is 478. The van der Waals surface area contributed by atoms with Gasteiger partial charge in [-0.25, -0.2) is 4.79 Å². The predicted molar refractivity (Wildman–Crippen MR) is 80.7 cm³/mol. The summed E-state index contributed by atoms with van der Waals surface area (Å²) in [5.41, 5.74) is 0.101. The van der Waals surface area contributed by atoms with E-state index in [9.17, 15) is 14.7 Å². The second kappa shape index (κ2) is 7.75. The van der Waals surface area contributed by atoms with E-state index in [2.05, 4.69) is 16.0 Å². The summed E-state index contributed by atoms with van der Waals surface area (Å²) >= 11 is 0. The molecule has 1 aromatic carbocycles. The van der Waals surface area contributed by atoms with Gasteiger partial charge in [-0.3, -0.25) is 15.4 Å². The van der Waals surface area contributed by atoms with Gasteiger partial charge >= 0.3 is 6.03 Å². The summed E-state index contributed by atoms with van der Waals surface area (Å²) in [6.45, 7) is 5.49. The van der Waals surface area contributed by atoms with E-state index in [1.165, 1.54) is 0 Å². The Hall–Kier alpha value is -1.92. The molecule has 0 saturated carbocycles. The Morgan fingerprint density at radius 1 is 1.29 bits per heavy atom. The van der Waals surface area contributed by atoms with Gasteiger partial charge in [0, 0.05) is 6.54 Å². The van der Waals surface area contributed by atoms with Gasteiger partial charge in [-0.05, 0) is 26.3 Å². The lowest BCUT2D eigenvalue weighted by Crippen LogP contribution is -2.54. The van der Waals surface area contributed by atoms with Gasteiger partial charge in [-0.2, -0.15) is 0 Å². The number of rotatable bonds is 6. The molecule has 0 heterocycles. The smallest absolute Gasteiger partial charge is 0.321 e. The van der Waals surface area contributed by atoms with Crippen molar-refractivity contribution < 1.29 is 14.7 Å². The van der Waals surface area contributed by atoms with E-state index in [0.29, 0.717) is 6.54 Å². The van der Waals surface area contributed by atoms with Crippen molar-refractivity contribution in [2.24, 2.45) is 0 Å². The number of aliphatic hydroxyl groups excluding tert-OH is 1. The van der Waals surface area contributed by atoms with Crippen LogP contribution in [0.2, 0.25) is 0 Å². The normalized spacial score (nSPS) is 14.9. The van der Waals surface area contributed by atoms with Crippen molar-refractivity contribution in [2.45, 2.75) is 32.4 Å². The first kappa shape index (κ1) is 17.1. The zero-order valence-electron chi connectivity index (χ0n) is 12.6. The van der Waals surface area contributed by atoms with Crippen molar-refractivity contribution >= 4 is 11.9 Å². The van der Waals surface area contributed by atoms with E-state index in [1.54, 1.807) is 20.8 Å². The van der Waals surface area contributed by atoms with Crippen molar-refractivity contribution in [3.8, 4) is 0 Å². The number of imide groups is 1. The standard InChI is InChI=1S/C15H23N3O3/c1-4-16-14(21)17-13(20)11(2)18-15(3,10-19)12-8-6-5-7-9-12/h5-9,11,18-19H,4,10H2,1-3H3,(H2,16,17,20,21). The Labute approximate surface area is 124 Å². The molecule has 4 N–H and O–H groups in total. The van der Waals surface area contributed by atoms with Gasteiger partial charge in [0.25, 0.3) is 0 Å². The summed E-state index contributed by atoms with van der Waals surface area (Å²) in [5, 5.41) is 17.5. The zero-order valence-corrected chi connectivity index (χ0v) is 12.6. The highest BCUT2D eigenvalue weighted by atomic mass is 16.3. The molecule has 2 unspecified atom stereocenters. The molecule has 0 saturated heterocycles. The fraction of sp³-hybridized carbons (Fsp3) is 0.467. The number of carbonyl (C=O) groups excluding carboxylic acids is 2. The van der Waals surface area contributed by atoms with Crippen LogP contribution in [-0.4, -0.2) is 36.2 Å². The van der Waals surface area contributed by atoms with Crippen LogP contribution in [0.4, 0.5) is 4.79 Å². The molecule has 1 rings (SSSR count). The van der Waals surface area contributed by atoms with E-state index in [1.807, 2.05) is 30.3 Å². The molecule has 0 aromatic heterocycles. The topological polar surface area (TPSA) is 90.5 Å². The summed E-state index contributed by atoms with van der Waals surface area (Å²) in [7, 11) is 0. The van der Waals surface area contributed by atoms with E-state index >= 15 is 0 Å². The maximum Gasteiger partial charge on any atom is 0.321 e. The van der Waals surface area contributed by atoms with Crippen molar-refractivity contribution in [1.82, 2.24) is 16.0 Å². The molecule has 6 heteroatoms. The van der Waals surface area contributed by atoms with Crippen LogP contribution in [0.1, 0.15) is 26.3 Å². The first-order valence-corrected chi connectivity index (χ1v) is 6.95. The minimum atomic E-state index is -0.765. The van der Waals surface area contributed by atoms with Crippen LogP contribution < -0.4 is 16.0 Å². The molecule has 0 bridgehead atoms. The number of amides is 3. The van der Waals surface area contributed by atoms with Crippen LogP contribution >= 0.6 is 0 Å². The first-order chi connectivity index (χ1) is 9.92. The molecule has 0 fully saturated rings. The summed E-state index contributed by atoms with van der Waals surface area (Å²) in [5.74, 6) is -0.448. The maximum atomic E-state index is 11.9. The maximum absolute atomic E-state index is 11.9. The molecule has 0 aliphatic carbocycles. The highest BCUT2D eigenvalue weighted by Gasteiger charge is 2.29. The number of carbonyl (C=O) groups is 2. The summed E-state index contributed by atoms with van der Waals surface area (Å²) < 4.78 is 0.